The molecule has 144 valence electrons. The topological polar surface area (TPSA) is 72.6 Å². The minimum atomic E-state index is -4.59. The third-order valence-corrected chi connectivity index (χ3v) is 4.34. The maximum atomic E-state index is 13.0. The van der Waals surface area contributed by atoms with Crippen LogP contribution in [0.25, 0.3) is 11.0 Å². The van der Waals surface area contributed by atoms with Gasteiger partial charge in [0, 0.05) is 12.3 Å². The molecular formula is C19H13F3N2O4. The summed E-state index contributed by atoms with van der Waals surface area (Å²) in [6, 6.07) is 9.70. The standard InChI is InChI=1S/C19H13F3N2O4/c20-19(21,22)13-5-3-7-23-17(13)27-11-9-24(10-11)18(26)16-8-14(25)12-4-1-2-6-15(12)28-16/h1-8,11H,9-10H2. The lowest BCUT2D eigenvalue weighted by Gasteiger charge is -2.38. The second kappa shape index (κ2) is 6.66. The van der Waals surface area contributed by atoms with E-state index in [1.54, 1.807) is 24.3 Å². The Morgan fingerprint density at radius 1 is 1.18 bits per heavy atom. The third-order valence-electron chi connectivity index (χ3n) is 4.34. The van der Waals surface area contributed by atoms with Gasteiger partial charge in [-0.2, -0.15) is 13.2 Å². The average Bonchev–Trinajstić information content (AvgIpc) is 2.63. The van der Waals surface area contributed by atoms with Crippen molar-refractivity contribution in [3.05, 3.63) is 70.2 Å². The van der Waals surface area contributed by atoms with E-state index in [0.717, 1.165) is 12.1 Å². The van der Waals surface area contributed by atoms with Crippen molar-refractivity contribution in [2.75, 3.05) is 13.1 Å². The monoisotopic (exact) mass is 390 g/mol. The number of fused-ring (bicyclic) bond motifs is 1. The molecule has 2 aromatic heterocycles. The minimum Gasteiger partial charge on any atom is -0.470 e. The fourth-order valence-electron chi connectivity index (χ4n) is 2.90. The quantitative estimate of drug-likeness (QED) is 0.687. The molecule has 9 heteroatoms. The molecule has 0 saturated carbocycles. The van der Waals surface area contributed by atoms with Crippen LogP contribution in [0, 0.1) is 0 Å². The molecule has 1 fully saturated rings. The molecule has 28 heavy (non-hydrogen) atoms. The van der Waals surface area contributed by atoms with Crippen molar-refractivity contribution in [1.82, 2.24) is 9.88 Å². The molecular weight excluding hydrogens is 377 g/mol. The Bertz CT molecular complexity index is 1100. The molecule has 0 atom stereocenters. The summed E-state index contributed by atoms with van der Waals surface area (Å²) in [6.07, 6.45) is -4.01. The van der Waals surface area contributed by atoms with Crippen LogP contribution in [0.3, 0.4) is 0 Å². The number of likely N-dealkylation sites (tertiary alicyclic amines) is 1. The molecule has 1 saturated heterocycles. The molecule has 3 heterocycles. The fraction of sp³-hybridized carbons (Fsp3) is 0.211. The predicted molar refractivity (Wildman–Crippen MR) is 92.0 cm³/mol. The number of hydrogen-bond acceptors (Lipinski definition) is 5. The molecule has 3 aromatic rings. The molecule has 0 aliphatic carbocycles. The fourth-order valence-corrected chi connectivity index (χ4v) is 2.90. The summed E-state index contributed by atoms with van der Waals surface area (Å²) >= 11 is 0. The van der Waals surface area contributed by atoms with E-state index < -0.39 is 29.6 Å². The molecule has 1 aliphatic heterocycles. The highest BCUT2D eigenvalue weighted by Crippen LogP contribution is 2.35. The number of aromatic nitrogens is 1. The van der Waals surface area contributed by atoms with Gasteiger partial charge < -0.3 is 14.1 Å². The highest BCUT2D eigenvalue weighted by molar-refractivity contribution is 5.93. The van der Waals surface area contributed by atoms with E-state index in [9.17, 15) is 22.8 Å². The molecule has 1 aromatic carbocycles. The smallest absolute Gasteiger partial charge is 0.421 e. The van der Waals surface area contributed by atoms with E-state index in [1.807, 2.05) is 0 Å². The van der Waals surface area contributed by atoms with E-state index in [2.05, 4.69) is 4.98 Å². The van der Waals surface area contributed by atoms with Gasteiger partial charge in [0.25, 0.3) is 5.91 Å². The number of amides is 1. The summed E-state index contributed by atoms with van der Waals surface area (Å²) in [4.78, 5) is 29.6. The summed E-state index contributed by atoms with van der Waals surface area (Å²) in [6.45, 7) is 0.118. The second-order valence-electron chi connectivity index (χ2n) is 6.27. The van der Waals surface area contributed by atoms with E-state index in [0.29, 0.717) is 5.39 Å². The summed E-state index contributed by atoms with van der Waals surface area (Å²) in [7, 11) is 0. The van der Waals surface area contributed by atoms with Crippen LogP contribution in [0.4, 0.5) is 13.2 Å². The zero-order chi connectivity index (χ0) is 19.9. The molecule has 1 aliphatic rings. The number of hydrogen-bond donors (Lipinski definition) is 0. The van der Waals surface area contributed by atoms with Gasteiger partial charge >= 0.3 is 6.18 Å². The number of pyridine rings is 1. The van der Waals surface area contributed by atoms with Crippen molar-refractivity contribution in [2.24, 2.45) is 0 Å². The first-order valence-electron chi connectivity index (χ1n) is 8.34. The van der Waals surface area contributed by atoms with Gasteiger partial charge in [-0.25, -0.2) is 4.98 Å². The van der Waals surface area contributed by atoms with Gasteiger partial charge in [0.15, 0.2) is 11.2 Å². The van der Waals surface area contributed by atoms with Crippen LogP contribution in [0.2, 0.25) is 0 Å². The van der Waals surface area contributed by atoms with E-state index in [4.69, 9.17) is 9.15 Å². The van der Waals surface area contributed by atoms with Gasteiger partial charge in [-0.1, -0.05) is 12.1 Å². The van der Waals surface area contributed by atoms with Gasteiger partial charge in [0.1, 0.15) is 17.3 Å². The number of halogens is 3. The van der Waals surface area contributed by atoms with Gasteiger partial charge in [-0.05, 0) is 24.3 Å². The van der Waals surface area contributed by atoms with E-state index in [1.165, 1.54) is 17.2 Å². The summed E-state index contributed by atoms with van der Waals surface area (Å²) in [5.74, 6) is -1.18. The van der Waals surface area contributed by atoms with Crippen LogP contribution >= 0.6 is 0 Å². The lowest BCUT2D eigenvalue weighted by molar-refractivity contribution is -0.140. The number of benzene rings is 1. The first-order chi connectivity index (χ1) is 13.3. The molecule has 0 radical (unpaired) electrons. The number of carbonyl (C=O) groups excluding carboxylic acids is 1. The molecule has 4 rings (SSSR count). The number of alkyl halides is 3. The second-order valence-corrected chi connectivity index (χ2v) is 6.27. The Hall–Kier alpha value is -3.36. The Kier molecular flexibility index (Phi) is 4.29. The summed E-state index contributed by atoms with van der Waals surface area (Å²) in [5, 5.41) is 0.360. The van der Waals surface area contributed by atoms with Gasteiger partial charge in [0.05, 0.1) is 18.5 Å². The number of rotatable bonds is 3. The molecule has 1 amide bonds. The van der Waals surface area contributed by atoms with Crippen molar-refractivity contribution in [1.29, 1.82) is 0 Å². The Morgan fingerprint density at radius 3 is 2.68 bits per heavy atom. The third kappa shape index (κ3) is 3.30. The van der Waals surface area contributed by atoms with Crippen LogP contribution in [-0.4, -0.2) is 35.0 Å². The lowest BCUT2D eigenvalue weighted by atomic mass is 10.1. The Balaban J connectivity index is 1.46. The number of nitrogens with zero attached hydrogens (tertiary/aromatic N) is 2. The molecule has 6 nitrogen and oxygen atoms in total. The number of ether oxygens (including phenoxy) is 1. The van der Waals surface area contributed by atoms with Crippen LogP contribution < -0.4 is 10.2 Å². The van der Waals surface area contributed by atoms with Crippen molar-refractivity contribution in [3.8, 4) is 5.88 Å². The molecule has 0 N–H and O–H groups in total. The lowest BCUT2D eigenvalue weighted by Crippen LogP contribution is -2.56. The Labute approximate surface area is 156 Å². The van der Waals surface area contributed by atoms with E-state index in [-0.39, 0.29) is 29.9 Å². The maximum Gasteiger partial charge on any atom is 0.421 e. The highest BCUT2D eigenvalue weighted by Gasteiger charge is 2.39. The summed E-state index contributed by atoms with van der Waals surface area (Å²) < 4.78 is 49.7. The van der Waals surface area contributed by atoms with Crippen molar-refractivity contribution in [3.63, 3.8) is 0 Å². The zero-order valence-corrected chi connectivity index (χ0v) is 14.3. The van der Waals surface area contributed by atoms with Crippen molar-refractivity contribution in [2.45, 2.75) is 12.3 Å². The van der Waals surface area contributed by atoms with Crippen LogP contribution in [-0.2, 0) is 6.18 Å². The molecule has 0 spiro atoms. The zero-order valence-electron chi connectivity index (χ0n) is 14.3. The van der Waals surface area contributed by atoms with Crippen molar-refractivity contribution < 1.29 is 27.1 Å². The largest absolute Gasteiger partial charge is 0.470 e. The van der Waals surface area contributed by atoms with Gasteiger partial charge in [-0.3, -0.25) is 9.59 Å². The van der Waals surface area contributed by atoms with Crippen LogP contribution in [0.5, 0.6) is 5.88 Å². The Morgan fingerprint density at radius 2 is 1.93 bits per heavy atom. The highest BCUT2D eigenvalue weighted by atomic mass is 19.4. The van der Waals surface area contributed by atoms with Gasteiger partial charge in [0.2, 0.25) is 5.88 Å². The number of para-hydroxylation sites is 1. The van der Waals surface area contributed by atoms with Crippen molar-refractivity contribution >= 4 is 16.9 Å². The van der Waals surface area contributed by atoms with Crippen LogP contribution in [0.15, 0.2) is 57.9 Å². The summed E-state index contributed by atoms with van der Waals surface area (Å²) in [5.41, 5.74) is -1.03. The van der Waals surface area contributed by atoms with E-state index >= 15 is 0 Å². The first-order valence-corrected chi connectivity index (χ1v) is 8.34. The van der Waals surface area contributed by atoms with Crippen LogP contribution in [0.1, 0.15) is 16.1 Å². The maximum absolute atomic E-state index is 13.0. The van der Waals surface area contributed by atoms with Gasteiger partial charge in [-0.15, -0.1) is 0 Å². The normalized spacial score (nSPS) is 14.8. The minimum absolute atomic E-state index is 0.0588. The molecule has 0 unspecified atom stereocenters. The predicted octanol–water partition coefficient (Wildman–Crippen LogP) is 3.11. The number of carbonyl (C=O) groups is 1. The molecule has 0 bridgehead atoms. The first kappa shape index (κ1) is 18.0. The average molecular weight is 390 g/mol. The SMILES string of the molecule is O=C(c1cc(=O)c2ccccc2o1)N1CC(Oc2ncccc2C(F)(F)F)C1.